The zero-order valence-corrected chi connectivity index (χ0v) is 9.11. The smallest absolute Gasteiger partial charge is 0.0823 e. The number of aryl methyl sites for hydroxylation is 1. The van der Waals surface area contributed by atoms with Gasteiger partial charge in [-0.2, -0.15) is 0 Å². The van der Waals surface area contributed by atoms with Crippen molar-refractivity contribution in [1.82, 2.24) is 5.32 Å². The molecule has 0 aromatic heterocycles. The van der Waals surface area contributed by atoms with Gasteiger partial charge < -0.3 is 10.1 Å². The first-order valence-corrected chi connectivity index (χ1v) is 5.81. The van der Waals surface area contributed by atoms with E-state index in [0.717, 1.165) is 19.7 Å². The zero-order chi connectivity index (χ0) is 10.3. The van der Waals surface area contributed by atoms with Gasteiger partial charge in [0.2, 0.25) is 0 Å². The molecule has 1 aliphatic rings. The van der Waals surface area contributed by atoms with Crippen molar-refractivity contribution in [3.63, 3.8) is 0 Å². The van der Waals surface area contributed by atoms with Gasteiger partial charge in [-0.15, -0.1) is 0 Å². The SMILES string of the molecule is c1ccc(CCCCOC2CNC2)cc1. The van der Waals surface area contributed by atoms with Gasteiger partial charge in [-0.25, -0.2) is 0 Å². The van der Waals surface area contributed by atoms with Gasteiger partial charge in [0.25, 0.3) is 0 Å². The molecule has 2 rings (SSSR count). The summed E-state index contributed by atoms with van der Waals surface area (Å²) >= 11 is 0. The second-order valence-corrected chi connectivity index (χ2v) is 4.09. The lowest BCUT2D eigenvalue weighted by Crippen LogP contribution is -2.48. The number of nitrogens with one attached hydrogen (secondary N) is 1. The van der Waals surface area contributed by atoms with Gasteiger partial charge in [0.1, 0.15) is 0 Å². The van der Waals surface area contributed by atoms with Crippen LogP contribution in [0.25, 0.3) is 0 Å². The summed E-state index contributed by atoms with van der Waals surface area (Å²) in [6.07, 6.45) is 4.06. The minimum atomic E-state index is 0.488. The molecule has 0 unspecified atom stereocenters. The molecular formula is C13H19NO. The van der Waals surface area contributed by atoms with Gasteiger partial charge in [0.15, 0.2) is 0 Å². The molecule has 0 radical (unpaired) electrons. The van der Waals surface area contributed by atoms with Crippen LogP contribution in [0.4, 0.5) is 0 Å². The summed E-state index contributed by atoms with van der Waals surface area (Å²) in [5.74, 6) is 0. The Bertz CT molecular complexity index is 269. The summed E-state index contributed by atoms with van der Waals surface area (Å²) in [4.78, 5) is 0. The van der Waals surface area contributed by atoms with Crippen molar-refractivity contribution < 1.29 is 4.74 Å². The minimum absolute atomic E-state index is 0.488. The van der Waals surface area contributed by atoms with Crippen LogP contribution in [-0.2, 0) is 11.2 Å². The fourth-order valence-corrected chi connectivity index (χ4v) is 1.71. The standard InChI is InChI=1S/C13H19NO/c1-2-6-12(7-3-1)8-4-5-9-15-13-10-14-11-13/h1-3,6-7,13-14H,4-5,8-11H2. The second kappa shape index (κ2) is 5.89. The molecule has 1 saturated heterocycles. The van der Waals surface area contributed by atoms with E-state index in [1.165, 1.54) is 24.8 Å². The summed E-state index contributed by atoms with van der Waals surface area (Å²) in [6, 6.07) is 10.7. The van der Waals surface area contributed by atoms with Crippen LogP contribution in [0.5, 0.6) is 0 Å². The Kier molecular flexibility index (Phi) is 4.18. The Morgan fingerprint density at radius 2 is 1.93 bits per heavy atom. The molecule has 1 N–H and O–H groups in total. The molecule has 2 heteroatoms. The van der Waals surface area contributed by atoms with Crippen LogP contribution in [0.2, 0.25) is 0 Å². The van der Waals surface area contributed by atoms with Crippen LogP contribution >= 0.6 is 0 Å². The first-order valence-electron chi connectivity index (χ1n) is 5.81. The van der Waals surface area contributed by atoms with Crippen molar-refractivity contribution in [2.75, 3.05) is 19.7 Å². The highest BCUT2D eigenvalue weighted by molar-refractivity contribution is 5.14. The molecular weight excluding hydrogens is 186 g/mol. The minimum Gasteiger partial charge on any atom is -0.376 e. The van der Waals surface area contributed by atoms with E-state index in [4.69, 9.17) is 4.74 Å². The molecule has 1 fully saturated rings. The molecule has 0 amide bonds. The van der Waals surface area contributed by atoms with Crippen LogP contribution in [0.3, 0.4) is 0 Å². The quantitative estimate of drug-likeness (QED) is 0.717. The molecule has 0 bridgehead atoms. The van der Waals surface area contributed by atoms with E-state index in [1.807, 2.05) is 0 Å². The van der Waals surface area contributed by atoms with E-state index in [0.29, 0.717) is 6.10 Å². The fraction of sp³-hybridized carbons (Fsp3) is 0.538. The van der Waals surface area contributed by atoms with Crippen LogP contribution < -0.4 is 5.32 Å². The number of benzene rings is 1. The summed E-state index contributed by atoms with van der Waals surface area (Å²) in [7, 11) is 0. The second-order valence-electron chi connectivity index (χ2n) is 4.09. The highest BCUT2D eigenvalue weighted by Gasteiger charge is 2.15. The molecule has 15 heavy (non-hydrogen) atoms. The number of rotatable bonds is 6. The predicted molar refractivity (Wildman–Crippen MR) is 62.0 cm³/mol. The van der Waals surface area contributed by atoms with Crippen molar-refractivity contribution in [2.45, 2.75) is 25.4 Å². The van der Waals surface area contributed by atoms with Gasteiger partial charge >= 0.3 is 0 Å². The first-order chi connectivity index (χ1) is 7.45. The van der Waals surface area contributed by atoms with Gasteiger partial charge in [0, 0.05) is 19.7 Å². The van der Waals surface area contributed by atoms with Crippen LogP contribution in [0, 0.1) is 0 Å². The predicted octanol–water partition coefficient (Wildman–Crippen LogP) is 2.00. The normalized spacial score (nSPS) is 16.3. The lowest BCUT2D eigenvalue weighted by Gasteiger charge is -2.27. The maximum absolute atomic E-state index is 5.65. The first kappa shape index (κ1) is 10.7. The van der Waals surface area contributed by atoms with Crippen LogP contribution in [0.1, 0.15) is 18.4 Å². The third-order valence-corrected chi connectivity index (χ3v) is 2.80. The Morgan fingerprint density at radius 1 is 1.13 bits per heavy atom. The molecule has 2 nitrogen and oxygen atoms in total. The fourth-order valence-electron chi connectivity index (χ4n) is 1.71. The van der Waals surface area contributed by atoms with Crippen molar-refractivity contribution >= 4 is 0 Å². The lowest BCUT2D eigenvalue weighted by atomic mass is 10.1. The summed E-state index contributed by atoms with van der Waals surface area (Å²) in [5, 5.41) is 3.20. The van der Waals surface area contributed by atoms with E-state index in [1.54, 1.807) is 0 Å². The van der Waals surface area contributed by atoms with Gasteiger partial charge in [-0.1, -0.05) is 30.3 Å². The molecule has 1 heterocycles. The van der Waals surface area contributed by atoms with E-state index in [-0.39, 0.29) is 0 Å². The van der Waals surface area contributed by atoms with Gasteiger partial charge in [0.05, 0.1) is 6.10 Å². The van der Waals surface area contributed by atoms with Gasteiger partial charge in [-0.3, -0.25) is 0 Å². The number of unbranched alkanes of at least 4 members (excludes halogenated alkanes) is 1. The molecule has 1 aliphatic heterocycles. The lowest BCUT2D eigenvalue weighted by molar-refractivity contribution is 0.0172. The van der Waals surface area contributed by atoms with Crippen molar-refractivity contribution in [3.05, 3.63) is 35.9 Å². The Balaban J connectivity index is 1.51. The Labute approximate surface area is 91.6 Å². The maximum atomic E-state index is 5.65. The van der Waals surface area contributed by atoms with Crippen LogP contribution in [0.15, 0.2) is 30.3 Å². The topological polar surface area (TPSA) is 21.3 Å². The Hall–Kier alpha value is -0.860. The average Bonchev–Trinajstić information content (AvgIpc) is 2.22. The van der Waals surface area contributed by atoms with Crippen molar-refractivity contribution in [3.8, 4) is 0 Å². The molecule has 0 aliphatic carbocycles. The summed E-state index contributed by atoms with van der Waals surface area (Å²) in [6.45, 7) is 3.00. The summed E-state index contributed by atoms with van der Waals surface area (Å²) < 4.78 is 5.65. The molecule has 1 aromatic carbocycles. The highest BCUT2D eigenvalue weighted by Crippen LogP contribution is 2.06. The van der Waals surface area contributed by atoms with Crippen LogP contribution in [-0.4, -0.2) is 25.8 Å². The molecule has 0 atom stereocenters. The number of hydrogen-bond donors (Lipinski definition) is 1. The van der Waals surface area contributed by atoms with Crippen molar-refractivity contribution in [2.24, 2.45) is 0 Å². The van der Waals surface area contributed by atoms with E-state index >= 15 is 0 Å². The molecule has 82 valence electrons. The third kappa shape index (κ3) is 3.65. The highest BCUT2D eigenvalue weighted by atomic mass is 16.5. The maximum Gasteiger partial charge on any atom is 0.0823 e. The zero-order valence-electron chi connectivity index (χ0n) is 9.11. The summed E-state index contributed by atoms with van der Waals surface area (Å²) in [5.41, 5.74) is 1.43. The third-order valence-electron chi connectivity index (χ3n) is 2.80. The molecule has 0 spiro atoms. The average molecular weight is 205 g/mol. The molecule has 0 saturated carbocycles. The number of ether oxygens (including phenoxy) is 1. The van der Waals surface area contributed by atoms with E-state index in [2.05, 4.69) is 35.6 Å². The Morgan fingerprint density at radius 3 is 2.60 bits per heavy atom. The molecule has 1 aromatic rings. The monoisotopic (exact) mass is 205 g/mol. The van der Waals surface area contributed by atoms with E-state index < -0.39 is 0 Å². The van der Waals surface area contributed by atoms with Crippen molar-refractivity contribution in [1.29, 1.82) is 0 Å². The largest absolute Gasteiger partial charge is 0.376 e. The van der Waals surface area contributed by atoms with Gasteiger partial charge in [-0.05, 0) is 24.8 Å². The number of hydrogen-bond acceptors (Lipinski definition) is 2. The van der Waals surface area contributed by atoms with E-state index in [9.17, 15) is 0 Å².